The van der Waals surface area contributed by atoms with Crippen molar-refractivity contribution in [2.24, 2.45) is 0 Å². The fourth-order valence-corrected chi connectivity index (χ4v) is 3.94. The van der Waals surface area contributed by atoms with Crippen LogP contribution in [0.25, 0.3) is 0 Å². The second kappa shape index (κ2) is 7.09. The molecule has 2 aromatic carbocycles. The first kappa shape index (κ1) is 19.0. The highest BCUT2D eigenvalue weighted by Gasteiger charge is 2.35. The van der Waals surface area contributed by atoms with E-state index in [9.17, 15) is 13.2 Å². The number of rotatable bonds is 3. The molecule has 1 atom stereocenters. The van der Waals surface area contributed by atoms with E-state index < -0.39 is 22.0 Å². The molecule has 3 rings (SSSR count). The topological polar surface area (TPSA) is 75.7 Å². The number of hydrogen-bond acceptors (Lipinski definition) is 4. The standard InChI is InChI=1S/C17H16BrClN2O4S/c1-10-7-12(4-5-13(10)18)20-17(22)16-9-21(26(2,23)24)14-8-11(19)3-6-15(14)25-16/h3-8,16H,9H2,1-2H3,(H,20,22). The van der Waals surface area contributed by atoms with Gasteiger partial charge in [0, 0.05) is 15.2 Å². The van der Waals surface area contributed by atoms with Crippen LogP contribution in [0.3, 0.4) is 0 Å². The number of fused-ring (bicyclic) bond motifs is 1. The van der Waals surface area contributed by atoms with Crippen LogP contribution in [0.5, 0.6) is 5.75 Å². The zero-order valence-corrected chi connectivity index (χ0v) is 17.2. The van der Waals surface area contributed by atoms with Crippen molar-refractivity contribution in [1.29, 1.82) is 0 Å². The molecule has 26 heavy (non-hydrogen) atoms. The number of sulfonamides is 1. The lowest BCUT2D eigenvalue weighted by Crippen LogP contribution is -2.48. The molecule has 1 aliphatic heterocycles. The van der Waals surface area contributed by atoms with Gasteiger partial charge in [0.15, 0.2) is 6.10 Å². The number of carbonyl (C=O) groups is 1. The molecule has 0 fully saturated rings. The Morgan fingerprint density at radius 3 is 2.69 bits per heavy atom. The quantitative estimate of drug-likeness (QED) is 0.761. The number of aryl methyl sites for hydroxylation is 1. The van der Waals surface area contributed by atoms with Crippen LogP contribution in [0.2, 0.25) is 5.02 Å². The molecule has 0 bridgehead atoms. The fourth-order valence-electron chi connectivity index (χ4n) is 2.62. The Morgan fingerprint density at radius 1 is 1.31 bits per heavy atom. The molecule has 0 saturated heterocycles. The van der Waals surface area contributed by atoms with E-state index in [0.29, 0.717) is 22.1 Å². The van der Waals surface area contributed by atoms with Crippen LogP contribution < -0.4 is 14.4 Å². The summed E-state index contributed by atoms with van der Waals surface area (Å²) in [5, 5.41) is 3.15. The van der Waals surface area contributed by atoms with E-state index in [1.54, 1.807) is 18.2 Å². The molecule has 138 valence electrons. The van der Waals surface area contributed by atoms with Crippen molar-refractivity contribution < 1.29 is 17.9 Å². The lowest BCUT2D eigenvalue weighted by Gasteiger charge is -2.34. The largest absolute Gasteiger partial charge is 0.476 e. The molecule has 1 amide bonds. The molecule has 1 heterocycles. The minimum absolute atomic E-state index is 0.131. The molecule has 2 aromatic rings. The number of carbonyl (C=O) groups excluding carboxylic acids is 1. The van der Waals surface area contributed by atoms with Crippen LogP contribution in [0.15, 0.2) is 40.9 Å². The summed E-state index contributed by atoms with van der Waals surface area (Å²) in [6, 6.07) is 10.0. The van der Waals surface area contributed by atoms with Gasteiger partial charge >= 0.3 is 0 Å². The van der Waals surface area contributed by atoms with Crippen molar-refractivity contribution in [3.8, 4) is 5.75 Å². The zero-order valence-electron chi connectivity index (χ0n) is 14.0. The monoisotopic (exact) mass is 458 g/mol. The van der Waals surface area contributed by atoms with Crippen LogP contribution in [-0.4, -0.2) is 33.2 Å². The zero-order chi connectivity index (χ0) is 19.1. The summed E-state index contributed by atoms with van der Waals surface area (Å²) in [5.41, 5.74) is 1.89. The molecule has 0 radical (unpaired) electrons. The van der Waals surface area contributed by atoms with E-state index in [4.69, 9.17) is 16.3 Å². The van der Waals surface area contributed by atoms with Gasteiger partial charge in [0.1, 0.15) is 5.75 Å². The molecular weight excluding hydrogens is 444 g/mol. The van der Waals surface area contributed by atoms with E-state index in [1.807, 2.05) is 19.1 Å². The number of ether oxygens (including phenoxy) is 1. The normalized spacial score (nSPS) is 16.6. The lowest BCUT2D eigenvalue weighted by atomic mass is 10.2. The molecular formula is C17H16BrClN2O4S. The molecule has 0 spiro atoms. The SMILES string of the molecule is Cc1cc(NC(=O)C2CN(S(C)(=O)=O)c3cc(Cl)ccc3O2)ccc1Br. The third-order valence-corrected chi connectivity index (χ3v) is 6.18. The average molecular weight is 460 g/mol. The summed E-state index contributed by atoms with van der Waals surface area (Å²) in [7, 11) is -3.60. The van der Waals surface area contributed by atoms with Gasteiger partial charge in [0.05, 0.1) is 18.5 Å². The van der Waals surface area contributed by atoms with Crippen molar-refractivity contribution in [3.63, 3.8) is 0 Å². The van der Waals surface area contributed by atoms with Gasteiger partial charge in [0.25, 0.3) is 5.91 Å². The van der Waals surface area contributed by atoms with Gasteiger partial charge in [-0.25, -0.2) is 8.42 Å². The third-order valence-electron chi connectivity index (χ3n) is 3.91. The fraction of sp³-hybridized carbons (Fsp3) is 0.235. The van der Waals surface area contributed by atoms with E-state index >= 15 is 0 Å². The minimum atomic E-state index is -3.60. The summed E-state index contributed by atoms with van der Waals surface area (Å²) in [5.74, 6) is -0.140. The molecule has 9 heteroatoms. The van der Waals surface area contributed by atoms with Crippen LogP contribution in [-0.2, 0) is 14.8 Å². The van der Waals surface area contributed by atoms with Crippen LogP contribution in [0, 0.1) is 6.92 Å². The lowest BCUT2D eigenvalue weighted by molar-refractivity contribution is -0.122. The van der Waals surface area contributed by atoms with Gasteiger partial charge in [-0.1, -0.05) is 27.5 Å². The Labute approximate surface area is 165 Å². The van der Waals surface area contributed by atoms with E-state index in [2.05, 4.69) is 21.2 Å². The highest BCUT2D eigenvalue weighted by Crippen LogP contribution is 2.37. The first-order valence-electron chi connectivity index (χ1n) is 7.66. The van der Waals surface area contributed by atoms with Crippen LogP contribution >= 0.6 is 27.5 Å². The third kappa shape index (κ3) is 3.97. The second-order valence-corrected chi connectivity index (χ2v) is 9.16. The average Bonchev–Trinajstić information content (AvgIpc) is 2.56. The number of benzene rings is 2. The summed E-state index contributed by atoms with van der Waals surface area (Å²) in [6.45, 7) is 1.77. The summed E-state index contributed by atoms with van der Waals surface area (Å²) in [4.78, 5) is 12.6. The maximum atomic E-state index is 12.6. The van der Waals surface area contributed by atoms with E-state index in [1.165, 1.54) is 6.07 Å². The molecule has 0 aromatic heterocycles. The molecule has 0 saturated carbocycles. The van der Waals surface area contributed by atoms with Gasteiger partial charge in [-0.3, -0.25) is 9.10 Å². The number of amides is 1. The van der Waals surface area contributed by atoms with Gasteiger partial charge in [-0.15, -0.1) is 0 Å². The van der Waals surface area contributed by atoms with Crippen LogP contribution in [0.4, 0.5) is 11.4 Å². The summed E-state index contributed by atoms with van der Waals surface area (Å²) in [6.07, 6.45) is 0.0955. The van der Waals surface area contributed by atoms with Crippen molar-refractivity contribution in [2.75, 3.05) is 22.4 Å². The molecule has 1 N–H and O–H groups in total. The predicted molar refractivity (Wildman–Crippen MR) is 106 cm³/mol. The van der Waals surface area contributed by atoms with Crippen molar-refractivity contribution in [3.05, 3.63) is 51.5 Å². The number of hydrogen-bond donors (Lipinski definition) is 1. The summed E-state index contributed by atoms with van der Waals surface area (Å²) < 4.78 is 32.1. The van der Waals surface area contributed by atoms with Crippen molar-refractivity contribution in [2.45, 2.75) is 13.0 Å². The van der Waals surface area contributed by atoms with Gasteiger partial charge in [-0.05, 0) is 48.9 Å². The van der Waals surface area contributed by atoms with Gasteiger partial charge in [0.2, 0.25) is 10.0 Å². The summed E-state index contributed by atoms with van der Waals surface area (Å²) >= 11 is 9.37. The van der Waals surface area contributed by atoms with E-state index in [0.717, 1.165) is 20.6 Å². The molecule has 1 aliphatic rings. The number of nitrogens with one attached hydrogen (secondary N) is 1. The minimum Gasteiger partial charge on any atom is -0.476 e. The number of anilines is 2. The van der Waals surface area contributed by atoms with Gasteiger partial charge in [-0.2, -0.15) is 0 Å². The number of nitrogens with zero attached hydrogens (tertiary/aromatic N) is 1. The smallest absolute Gasteiger partial charge is 0.267 e. The molecule has 6 nitrogen and oxygen atoms in total. The van der Waals surface area contributed by atoms with E-state index in [-0.39, 0.29) is 6.54 Å². The maximum absolute atomic E-state index is 12.6. The highest BCUT2D eigenvalue weighted by molar-refractivity contribution is 9.10. The molecule has 0 aliphatic carbocycles. The predicted octanol–water partition coefficient (Wildman–Crippen LogP) is 3.58. The Bertz CT molecular complexity index is 981. The molecule has 1 unspecified atom stereocenters. The Kier molecular flexibility index (Phi) is 5.18. The van der Waals surface area contributed by atoms with Crippen molar-refractivity contribution in [1.82, 2.24) is 0 Å². The van der Waals surface area contributed by atoms with Crippen molar-refractivity contribution >= 4 is 54.8 Å². The number of halogens is 2. The maximum Gasteiger partial charge on any atom is 0.267 e. The van der Waals surface area contributed by atoms with Crippen LogP contribution in [0.1, 0.15) is 5.56 Å². The first-order chi connectivity index (χ1) is 12.1. The Balaban J connectivity index is 1.88. The highest BCUT2D eigenvalue weighted by atomic mass is 79.9. The van der Waals surface area contributed by atoms with Gasteiger partial charge < -0.3 is 10.1 Å². The Hall–Kier alpha value is -1.77. The Morgan fingerprint density at radius 2 is 2.04 bits per heavy atom. The first-order valence-corrected chi connectivity index (χ1v) is 10.7. The second-order valence-electron chi connectivity index (χ2n) is 5.97.